The van der Waals surface area contributed by atoms with Crippen LogP contribution in [0.4, 0.5) is 0 Å². The number of thioether (sulfide) groups is 1. The van der Waals surface area contributed by atoms with Crippen LogP contribution < -0.4 is 51.4 Å². The fourth-order valence-electron chi connectivity index (χ4n) is 2.16. The quantitative estimate of drug-likeness (QED) is 0.0496. The summed E-state index contributed by atoms with van der Waals surface area (Å²) in [6.07, 6.45) is -6.12. The smallest absolute Gasteiger partial charge is 0.714 e. The second-order valence-electron chi connectivity index (χ2n) is 5.61. The molecule has 186 valence electrons. The van der Waals surface area contributed by atoms with E-state index in [-0.39, 0.29) is 78.6 Å². The van der Waals surface area contributed by atoms with E-state index < -0.39 is 46.9 Å². The summed E-state index contributed by atoms with van der Waals surface area (Å²) >= 11 is 12.5. The summed E-state index contributed by atoms with van der Waals surface area (Å²) in [6, 6.07) is 4.28. The number of nitrogens with zero attached hydrogens (tertiary/aromatic N) is 1. The Labute approximate surface area is 247 Å². The molecule has 1 aliphatic heterocycles. The number of hydrogen-bond acceptors (Lipinski definition) is 13. The Bertz CT molecular complexity index is 833. The zero-order valence-electron chi connectivity index (χ0n) is 17.8. The van der Waals surface area contributed by atoms with Crippen LogP contribution in [0.15, 0.2) is 23.4 Å². The van der Waals surface area contributed by atoms with E-state index in [9.17, 15) is 33.4 Å². The Kier molecular flexibility index (Phi) is 19.9. The Morgan fingerprint density at radius 1 is 1.18 bits per heavy atom. The third kappa shape index (κ3) is 12.1. The molecule has 33 heavy (non-hydrogen) atoms. The molecule has 0 aromatic heterocycles. The molecule has 6 N–H and O–H groups in total. The van der Waals surface area contributed by atoms with Crippen LogP contribution >= 0.6 is 35.0 Å². The van der Waals surface area contributed by atoms with Crippen molar-refractivity contribution in [3.63, 3.8) is 0 Å². The molecule has 2 rings (SSSR count). The van der Waals surface area contributed by atoms with Crippen LogP contribution in [-0.4, -0.2) is 98.8 Å². The van der Waals surface area contributed by atoms with Crippen LogP contribution in [0.1, 0.15) is 12.5 Å². The fourth-order valence-corrected chi connectivity index (χ4v) is 3.91. The summed E-state index contributed by atoms with van der Waals surface area (Å²) in [5.74, 6) is 0. The van der Waals surface area contributed by atoms with Crippen LogP contribution in [0.5, 0.6) is 0 Å². The van der Waals surface area contributed by atoms with Gasteiger partial charge in [-0.1, -0.05) is 52.3 Å². The van der Waals surface area contributed by atoms with Gasteiger partial charge in [0.25, 0.3) is 10.4 Å². The average Bonchev–Trinajstić information content (AvgIpc) is 2.74. The van der Waals surface area contributed by atoms with E-state index in [1.807, 2.05) is 0 Å². The van der Waals surface area contributed by atoms with Crippen LogP contribution in [0, 0.1) is 0 Å². The number of aliphatic hydroxyl groups is 6. The first-order valence-corrected chi connectivity index (χ1v) is 11.6. The second-order valence-corrected chi connectivity index (χ2v) is 8.45. The number of ether oxygens (including phenoxy) is 1. The van der Waals surface area contributed by atoms with Crippen LogP contribution in [0.2, 0.25) is 10.0 Å². The van der Waals surface area contributed by atoms with Gasteiger partial charge in [-0.2, -0.15) is 8.42 Å². The maximum absolute atomic E-state index is 10.7. The molecule has 0 radical (unpaired) electrons. The molecule has 1 aromatic rings. The molecule has 1 fully saturated rings. The monoisotopic (exact) mass is 579 g/mol. The van der Waals surface area contributed by atoms with Gasteiger partial charge in [0.1, 0.15) is 34.9 Å². The van der Waals surface area contributed by atoms with E-state index in [2.05, 4.69) is 9.44 Å². The van der Waals surface area contributed by atoms with Gasteiger partial charge >= 0.3 is 51.4 Å². The predicted molar refractivity (Wildman–Crippen MR) is 116 cm³/mol. The first kappa shape index (κ1) is 36.0. The van der Waals surface area contributed by atoms with Crippen molar-refractivity contribution in [3.8, 4) is 0 Å². The maximum atomic E-state index is 10.7. The third-order valence-corrected chi connectivity index (χ3v) is 5.69. The number of rotatable bonds is 5. The maximum Gasteiger partial charge on any atom is 1.00 e. The Morgan fingerprint density at radius 3 is 2.21 bits per heavy atom. The third-order valence-electron chi connectivity index (χ3n) is 3.47. The summed E-state index contributed by atoms with van der Waals surface area (Å²) < 4.78 is 41.4. The number of benzene rings is 1. The molecule has 5 atom stereocenters. The van der Waals surface area contributed by atoms with Crippen molar-refractivity contribution >= 4 is 50.4 Å². The molecule has 17 heteroatoms. The average molecular weight is 581 g/mol. The molecule has 12 nitrogen and oxygen atoms in total. The zero-order valence-corrected chi connectivity index (χ0v) is 24.0. The number of oxime groups is 1. The van der Waals surface area contributed by atoms with Crippen molar-refractivity contribution < 1.29 is 104 Å². The zero-order chi connectivity index (χ0) is 25.1. The van der Waals surface area contributed by atoms with Gasteiger partial charge in [0, 0.05) is 19.3 Å². The molecule has 0 amide bonds. The van der Waals surface area contributed by atoms with E-state index in [4.69, 9.17) is 38.2 Å². The summed E-state index contributed by atoms with van der Waals surface area (Å²) in [5.41, 5.74) is -1.28. The molecule has 0 unspecified atom stereocenters. The van der Waals surface area contributed by atoms with E-state index in [0.717, 1.165) is 7.11 Å². The van der Waals surface area contributed by atoms with Crippen molar-refractivity contribution in [2.45, 2.75) is 36.8 Å². The fraction of sp³-hybridized carbons (Fsp3) is 0.562. The summed E-state index contributed by atoms with van der Waals surface area (Å²) in [7, 11) is -4.20. The first-order valence-electron chi connectivity index (χ1n) is 8.66. The number of hydrogen-bond donors (Lipinski definition) is 6. The van der Waals surface area contributed by atoms with Crippen LogP contribution in [0.25, 0.3) is 0 Å². The van der Waals surface area contributed by atoms with Crippen molar-refractivity contribution in [2.75, 3.05) is 20.3 Å². The molecule has 0 spiro atoms. The molecule has 0 bridgehead atoms. The van der Waals surface area contributed by atoms with Crippen molar-refractivity contribution in [1.29, 1.82) is 0 Å². The van der Waals surface area contributed by atoms with Crippen molar-refractivity contribution in [1.82, 2.24) is 0 Å². The normalized spacial score (nSPS) is 24.9. The Balaban J connectivity index is 0. The number of aliphatic hydroxyl groups excluding tert-OH is 6. The predicted octanol–water partition coefficient (Wildman–Crippen LogP) is -3.72. The molecular formula is C16H24Cl2KNO11S2. The largest absolute Gasteiger partial charge is 1.00 e. The first-order chi connectivity index (χ1) is 15.0. The SMILES string of the molecule is CCO.CO.O=S(=O)([O-])O/N=C(\S[C@@H]1O[C@H](CO)[C@@H](O)[C@H](O)[C@H]1O)c1cccc(Cl)c1Cl.[K+]. The topological polar surface area (TPSA) is 209 Å². The second kappa shape index (κ2) is 18.2. The molecule has 1 heterocycles. The molecule has 1 aromatic carbocycles. The molecular weight excluding hydrogens is 556 g/mol. The van der Waals surface area contributed by atoms with Crippen molar-refractivity contribution in [2.24, 2.45) is 5.16 Å². The van der Waals surface area contributed by atoms with Crippen molar-refractivity contribution in [3.05, 3.63) is 33.8 Å². The molecule has 1 aliphatic rings. The van der Waals surface area contributed by atoms with Gasteiger partial charge in [-0.05, 0) is 13.0 Å². The summed E-state index contributed by atoms with van der Waals surface area (Å²) in [4.78, 5) is 0. The van der Waals surface area contributed by atoms with Gasteiger partial charge in [0.2, 0.25) is 0 Å². The van der Waals surface area contributed by atoms with Gasteiger partial charge in [-0.3, -0.25) is 4.28 Å². The minimum absolute atomic E-state index is 0. The molecule has 0 saturated carbocycles. The van der Waals surface area contributed by atoms with E-state index >= 15 is 0 Å². The van der Waals surface area contributed by atoms with E-state index in [1.165, 1.54) is 18.2 Å². The van der Waals surface area contributed by atoms with Gasteiger partial charge in [-0.15, -0.1) is 0 Å². The minimum Gasteiger partial charge on any atom is -0.714 e. The Morgan fingerprint density at radius 2 is 1.73 bits per heavy atom. The minimum atomic E-state index is -5.20. The van der Waals surface area contributed by atoms with Gasteiger partial charge in [0.05, 0.1) is 16.7 Å². The van der Waals surface area contributed by atoms with E-state index in [1.54, 1.807) is 6.92 Å². The van der Waals surface area contributed by atoms with Gasteiger partial charge < -0.3 is 39.9 Å². The van der Waals surface area contributed by atoms with Crippen LogP contribution in [-0.2, 0) is 19.4 Å². The van der Waals surface area contributed by atoms with Crippen LogP contribution in [0.3, 0.4) is 0 Å². The summed E-state index contributed by atoms with van der Waals surface area (Å²) in [6.45, 7) is 1.26. The molecule has 0 aliphatic carbocycles. The molecule has 1 saturated heterocycles. The summed E-state index contributed by atoms with van der Waals surface area (Å²) in [5, 5.41) is 56.5. The van der Waals surface area contributed by atoms with Gasteiger partial charge in [0.15, 0.2) is 0 Å². The number of halogens is 2. The van der Waals surface area contributed by atoms with E-state index in [0.29, 0.717) is 11.8 Å². The Hall–Kier alpha value is 0.886. The van der Waals surface area contributed by atoms with Gasteiger partial charge in [-0.25, -0.2) is 0 Å². The standard InChI is InChI=1S/C13H15Cl2NO9S2.C2H6O.CH4O.K/c14-6-3-1-2-5(8(6)15)12(16-25-27(21,22)23)26-13-11(20)10(19)9(18)7(4-17)24-13;1-2-3;1-2;/h1-3,7,9-11,13,17-20H,4H2,(H,21,22,23);3H,2H2,1H3;2H,1H3;/q;;;+1/p-1/b16-12-;;;/t7-,9-,10+,11-,13+;;;/m1.../s1.